The van der Waals surface area contributed by atoms with E-state index in [2.05, 4.69) is 4.90 Å². The summed E-state index contributed by atoms with van der Waals surface area (Å²) < 4.78 is 25.3. The monoisotopic (exact) mass is 423 g/mol. The van der Waals surface area contributed by atoms with Crippen molar-refractivity contribution in [3.63, 3.8) is 0 Å². The third-order valence-corrected chi connectivity index (χ3v) is 6.02. The molecule has 1 N–H and O–H groups in total. The number of carbonyl (C=O) groups is 2. The summed E-state index contributed by atoms with van der Waals surface area (Å²) >= 11 is 0. The minimum Gasteiger partial charge on any atom is -0.483 e. The lowest BCUT2D eigenvalue weighted by Crippen LogP contribution is -2.44. The van der Waals surface area contributed by atoms with Crippen LogP contribution >= 0.6 is 0 Å². The van der Waals surface area contributed by atoms with Crippen molar-refractivity contribution in [3.05, 3.63) is 35.6 Å². The van der Waals surface area contributed by atoms with E-state index in [1.807, 2.05) is 11.0 Å². The molecule has 8 nitrogen and oxygen atoms in total. The molecule has 1 aromatic rings. The summed E-state index contributed by atoms with van der Waals surface area (Å²) in [6, 6.07) is 6.84. The van der Waals surface area contributed by atoms with Gasteiger partial charge >= 0.3 is 6.03 Å². The first-order valence-electron chi connectivity index (χ1n) is 10.2. The van der Waals surface area contributed by atoms with Crippen LogP contribution in [0.1, 0.15) is 11.6 Å². The van der Waals surface area contributed by atoms with Gasteiger partial charge in [0.15, 0.2) is 0 Å². The fourth-order valence-electron chi connectivity index (χ4n) is 4.76. The number of ether oxygens (including phenoxy) is 2. The Morgan fingerprint density at radius 2 is 1.87 bits per heavy atom. The quantitative estimate of drug-likeness (QED) is 0.727. The van der Waals surface area contributed by atoms with Crippen LogP contribution in [0.4, 0.5) is 9.18 Å². The number of hydrogen-bond acceptors (Lipinski definition) is 5. The zero-order valence-corrected chi connectivity index (χ0v) is 17.4. The minimum absolute atomic E-state index is 0.00801. The van der Waals surface area contributed by atoms with Gasteiger partial charge in [0.05, 0.1) is 38.5 Å². The Hall–Kier alpha value is -2.23. The molecule has 30 heavy (non-hydrogen) atoms. The maximum Gasteiger partial charge on any atom is 0.320 e. The Morgan fingerprint density at radius 3 is 2.47 bits per heavy atom. The van der Waals surface area contributed by atoms with Crippen molar-refractivity contribution in [2.24, 2.45) is 11.8 Å². The number of benzene rings is 1. The van der Waals surface area contributed by atoms with Crippen LogP contribution in [0, 0.1) is 17.7 Å². The number of likely N-dealkylation sites (tertiary alicyclic amines) is 2. The maximum absolute atomic E-state index is 13.9. The molecule has 3 aliphatic rings. The highest BCUT2D eigenvalue weighted by atomic mass is 19.1. The molecule has 0 radical (unpaired) electrons. The molecule has 2 amide bonds. The molecule has 9 heteroatoms. The van der Waals surface area contributed by atoms with E-state index < -0.39 is 0 Å². The molecule has 0 bridgehead atoms. The molecule has 4 rings (SSSR count). The largest absolute Gasteiger partial charge is 0.483 e. The van der Waals surface area contributed by atoms with Crippen LogP contribution in [-0.2, 0) is 14.3 Å². The summed E-state index contributed by atoms with van der Waals surface area (Å²) in [5.74, 6) is 0.415. The van der Waals surface area contributed by atoms with Crippen LogP contribution < -0.4 is 0 Å². The Labute approximate surface area is 176 Å². The number of carboxylic acid groups (broad SMARTS) is 1. The van der Waals surface area contributed by atoms with Gasteiger partial charge in [0.1, 0.15) is 5.82 Å². The number of hydrogen-bond donors (Lipinski definition) is 1. The standard InChI is InChI=1S/C20H28FN3O3.CH2O2/c1-22(2)20(25)24-10-15-9-23(17-12-26-6-7-27-13-17)11-18(15)19(24)14-4-3-5-16(21)8-14;2-1-3/h3-5,8,15,17-19H,6-7,9-13H2,1-2H3;1H,(H,2,3)/t15-,18-,19+;/m1./s1. The molecule has 0 spiro atoms. The highest BCUT2D eigenvalue weighted by Gasteiger charge is 2.50. The molecule has 166 valence electrons. The number of urea groups is 1. The lowest BCUT2D eigenvalue weighted by Gasteiger charge is -2.33. The highest BCUT2D eigenvalue weighted by Crippen LogP contribution is 2.45. The van der Waals surface area contributed by atoms with Gasteiger partial charge in [-0.1, -0.05) is 12.1 Å². The lowest BCUT2D eigenvalue weighted by molar-refractivity contribution is -0.122. The third kappa shape index (κ3) is 4.91. The molecule has 3 fully saturated rings. The second-order valence-electron chi connectivity index (χ2n) is 8.12. The van der Waals surface area contributed by atoms with E-state index in [0.717, 1.165) is 18.7 Å². The van der Waals surface area contributed by atoms with Crippen molar-refractivity contribution in [2.75, 3.05) is 60.2 Å². The van der Waals surface area contributed by atoms with Crippen LogP contribution in [0.15, 0.2) is 24.3 Å². The van der Waals surface area contributed by atoms with E-state index >= 15 is 0 Å². The fourth-order valence-corrected chi connectivity index (χ4v) is 4.76. The fraction of sp³-hybridized carbons (Fsp3) is 0.619. The summed E-state index contributed by atoms with van der Waals surface area (Å²) in [5.41, 5.74) is 0.882. The molecule has 3 atom stereocenters. The van der Waals surface area contributed by atoms with Crippen molar-refractivity contribution in [1.29, 1.82) is 0 Å². The summed E-state index contributed by atoms with van der Waals surface area (Å²) in [6.45, 7) is 4.91. The molecule has 0 aromatic heterocycles. The number of nitrogens with zero attached hydrogens (tertiary/aromatic N) is 3. The van der Waals surface area contributed by atoms with Crippen molar-refractivity contribution in [2.45, 2.75) is 12.1 Å². The van der Waals surface area contributed by atoms with Gasteiger partial charge in [0.2, 0.25) is 0 Å². The summed E-state index contributed by atoms with van der Waals surface area (Å²) in [7, 11) is 3.54. The van der Waals surface area contributed by atoms with Gasteiger partial charge in [-0.15, -0.1) is 0 Å². The lowest BCUT2D eigenvalue weighted by atomic mass is 9.89. The summed E-state index contributed by atoms with van der Waals surface area (Å²) in [5, 5.41) is 6.89. The number of carbonyl (C=O) groups excluding carboxylic acids is 1. The van der Waals surface area contributed by atoms with Crippen LogP contribution in [-0.4, -0.2) is 98.5 Å². The summed E-state index contributed by atoms with van der Waals surface area (Å²) in [4.78, 5) is 27.1. The van der Waals surface area contributed by atoms with E-state index in [4.69, 9.17) is 19.4 Å². The van der Waals surface area contributed by atoms with E-state index in [0.29, 0.717) is 44.8 Å². The van der Waals surface area contributed by atoms with E-state index in [1.54, 1.807) is 31.1 Å². The van der Waals surface area contributed by atoms with Crippen molar-refractivity contribution < 1.29 is 28.6 Å². The average Bonchev–Trinajstić information content (AvgIpc) is 3.14. The topological polar surface area (TPSA) is 82.6 Å². The van der Waals surface area contributed by atoms with Crippen LogP contribution in [0.2, 0.25) is 0 Å². The van der Waals surface area contributed by atoms with Gasteiger partial charge in [0, 0.05) is 39.6 Å². The number of fused-ring (bicyclic) bond motifs is 1. The highest BCUT2D eigenvalue weighted by molar-refractivity contribution is 5.75. The van der Waals surface area contributed by atoms with Crippen LogP contribution in [0.3, 0.4) is 0 Å². The van der Waals surface area contributed by atoms with E-state index in [-0.39, 0.29) is 30.4 Å². The molecule has 3 saturated heterocycles. The van der Waals surface area contributed by atoms with Gasteiger partial charge < -0.3 is 24.4 Å². The van der Waals surface area contributed by atoms with E-state index in [1.165, 1.54) is 6.07 Å². The maximum atomic E-state index is 13.9. The second kappa shape index (κ2) is 10.2. The predicted molar refractivity (Wildman–Crippen MR) is 108 cm³/mol. The average molecular weight is 423 g/mol. The van der Waals surface area contributed by atoms with Crippen molar-refractivity contribution in [1.82, 2.24) is 14.7 Å². The first-order chi connectivity index (χ1) is 14.5. The first kappa shape index (κ1) is 22.5. The third-order valence-electron chi connectivity index (χ3n) is 6.02. The zero-order chi connectivity index (χ0) is 21.7. The minimum atomic E-state index is -0.256. The van der Waals surface area contributed by atoms with Crippen LogP contribution in [0.5, 0.6) is 0 Å². The molecule has 0 saturated carbocycles. The number of halogens is 1. The number of rotatable bonds is 2. The molecule has 3 aliphatic heterocycles. The summed E-state index contributed by atoms with van der Waals surface area (Å²) in [6.07, 6.45) is 0. The molecule has 1 aromatic carbocycles. The molecular weight excluding hydrogens is 393 g/mol. The molecule has 0 unspecified atom stereocenters. The van der Waals surface area contributed by atoms with Gasteiger partial charge in [0.25, 0.3) is 6.47 Å². The van der Waals surface area contributed by atoms with Crippen molar-refractivity contribution >= 4 is 12.5 Å². The van der Waals surface area contributed by atoms with E-state index in [9.17, 15) is 9.18 Å². The second-order valence-corrected chi connectivity index (χ2v) is 8.12. The molecular formula is C21H30FN3O5. The Kier molecular flexibility index (Phi) is 7.63. The Balaban J connectivity index is 0.000000806. The first-order valence-corrected chi connectivity index (χ1v) is 10.2. The SMILES string of the molecule is CN(C)C(=O)N1C[C@H]2CN(C3COCCOC3)C[C@H]2[C@@H]1c1cccc(F)c1.O=CO. The smallest absolute Gasteiger partial charge is 0.320 e. The molecule has 3 heterocycles. The number of amides is 2. The van der Waals surface area contributed by atoms with Crippen molar-refractivity contribution in [3.8, 4) is 0 Å². The Bertz CT molecular complexity index is 726. The van der Waals surface area contributed by atoms with Crippen LogP contribution in [0.25, 0.3) is 0 Å². The van der Waals surface area contributed by atoms with Gasteiger partial charge in [-0.25, -0.2) is 9.18 Å². The predicted octanol–water partition coefficient (Wildman–Crippen LogP) is 1.53. The zero-order valence-electron chi connectivity index (χ0n) is 17.4. The molecule has 0 aliphatic carbocycles. The van der Waals surface area contributed by atoms with Gasteiger partial charge in [-0.2, -0.15) is 0 Å². The van der Waals surface area contributed by atoms with Gasteiger partial charge in [-0.05, 0) is 23.6 Å². The van der Waals surface area contributed by atoms with Gasteiger partial charge in [-0.3, -0.25) is 9.69 Å². The normalized spacial score (nSPS) is 27.0. The Morgan fingerprint density at radius 1 is 1.20 bits per heavy atom.